The standard InChI is InChI=1S/C15H16FN6O2PS/c1-17-26(23,24)12-3-4-14(13(8-12)15-19-21-22(2)20-15)18-10-5-9(16)6-11(25)7-10/h3-8,17-18H,25H2,1-2H3. The molecule has 3 aromatic rings. The number of tetrazole rings is 1. The number of halogens is 1. The van der Waals surface area contributed by atoms with Crippen LogP contribution in [0.1, 0.15) is 0 Å². The van der Waals surface area contributed by atoms with Crippen LogP contribution in [0.3, 0.4) is 0 Å². The van der Waals surface area contributed by atoms with Crippen LogP contribution in [0.25, 0.3) is 11.4 Å². The summed E-state index contributed by atoms with van der Waals surface area (Å²) in [5.41, 5.74) is 1.44. The van der Waals surface area contributed by atoms with Gasteiger partial charge in [-0.05, 0) is 54.0 Å². The number of aromatic nitrogens is 4. The summed E-state index contributed by atoms with van der Waals surface area (Å²) in [6, 6.07) is 8.90. The predicted molar refractivity (Wildman–Crippen MR) is 99.5 cm³/mol. The van der Waals surface area contributed by atoms with Crippen LogP contribution in [0.4, 0.5) is 15.8 Å². The fourth-order valence-electron chi connectivity index (χ4n) is 2.33. The lowest BCUT2D eigenvalue weighted by Gasteiger charge is -2.13. The average molecular weight is 394 g/mol. The van der Waals surface area contributed by atoms with Gasteiger partial charge < -0.3 is 5.32 Å². The summed E-state index contributed by atoms with van der Waals surface area (Å²) in [4.78, 5) is 1.32. The maximum atomic E-state index is 13.6. The van der Waals surface area contributed by atoms with E-state index >= 15 is 0 Å². The lowest BCUT2D eigenvalue weighted by molar-refractivity contribution is 0.588. The number of nitrogens with zero attached hydrogens (tertiary/aromatic N) is 4. The molecule has 0 fully saturated rings. The Bertz CT molecular complexity index is 1050. The van der Waals surface area contributed by atoms with Crippen molar-refractivity contribution < 1.29 is 12.8 Å². The van der Waals surface area contributed by atoms with Crippen LogP contribution >= 0.6 is 9.24 Å². The van der Waals surface area contributed by atoms with Crippen molar-refractivity contribution in [1.82, 2.24) is 24.9 Å². The summed E-state index contributed by atoms with van der Waals surface area (Å²) < 4.78 is 40.1. The Morgan fingerprint density at radius 1 is 1.19 bits per heavy atom. The van der Waals surface area contributed by atoms with Crippen molar-refractivity contribution in [2.75, 3.05) is 12.4 Å². The normalized spacial score (nSPS) is 11.5. The van der Waals surface area contributed by atoms with Crippen LogP contribution in [-0.4, -0.2) is 35.7 Å². The first-order valence-corrected chi connectivity index (χ1v) is 9.49. The Hall–Kier alpha value is -2.42. The quantitative estimate of drug-likeness (QED) is 0.630. The second-order valence-electron chi connectivity index (χ2n) is 5.42. The Balaban J connectivity index is 2.12. The molecule has 26 heavy (non-hydrogen) atoms. The molecule has 0 amide bonds. The van der Waals surface area contributed by atoms with E-state index in [0.29, 0.717) is 22.2 Å². The van der Waals surface area contributed by atoms with E-state index in [-0.39, 0.29) is 10.7 Å². The van der Waals surface area contributed by atoms with Gasteiger partial charge >= 0.3 is 0 Å². The maximum absolute atomic E-state index is 13.6. The second kappa shape index (κ2) is 7.06. The van der Waals surface area contributed by atoms with E-state index in [1.54, 1.807) is 19.2 Å². The second-order valence-corrected chi connectivity index (χ2v) is 7.97. The van der Waals surface area contributed by atoms with Crippen LogP contribution in [-0.2, 0) is 17.1 Å². The highest BCUT2D eigenvalue weighted by Crippen LogP contribution is 2.30. The fraction of sp³-hybridized carbons (Fsp3) is 0.133. The average Bonchev–Trinajstić information content (AvgIpc) is 3.00. The van der Waals surface area contributed by atoms with Crippen molar-refractivity contribution in [3.63, 3.8) is 0 Å². The summed E-state index contributed by atoms with van der Waals surface area (Å²) in [7, 11) is 1.71. The zero-order valence-corrected chi connectivity index (χ0v) is 15.9. The van der Waals surface area contributed by atoms with Crippen molar-refractivity contribution in [2.24, 2.45) is 7.05 Å². The van der Waals surface area contributed by atoms with Gasteiger partial charge in [0.1, 0.15) is 5.82 Å². The highest BCUT2D eigenvalue weighted by molar-refractivity contribution is 7.89. The molecule has 0 aliphatic rings. The topological polar surface area (TPSA) is 102 Å². The van der Waals surface area contributed by atoms with Crippen LogP contribution < -0.4 is 15.3 Å². The summed E-state index contributed by atoms with van der Waals surface area (Å²) in [5, 5.41) is 15.6. The Morgan fingerprint density at radius 3 is 2.58 bits per heavy atom. The highest BCUT2D eigenvalue weighted by Gasteiger charge is 2.18. The minimum absolute atomic E-state index is 0.0546. The van der Waals surface area contributed by atoms with Gasteiger partial charge in [0.2, 0.25) is 15.8 Å². The minimum atomic E-state index is -3.65. The van der Waals surface area contributed by atoms with E-state index in [9.17, 15) is 12.8 Å². The predicted octanol–water partition coefficient (Wildman–Crippen LogP) is 1.17. The molecular weight excluding hydrogens is 378 g/mol. The molecule has 3 rings (SSSR count). The number of benzene rings is 2. The van der Waals surface area contributed by atoms with Crippen LogP contribution in [0, 0.1) is 5.82 Å². The van der Waals surface area contributed by atoms with Gasteiger partial charge in [0.05, 0.1) is 11.9 Å². The SMILES string of the molecule is CNS(=O)(=O)c1ccc(Nc2cc(F)cc(P)c2)c(-c2nnn(C)n2)c1. The molecule has 0 aliphatic heterocycles. The van der Waals surface area contributed by atoms with Gasteiger partial charge in [-0.25, -0.2) is 17.5 Å². The molecule has 8 nitrogen and oxygen atoms in total. The van der Waals surface area contributed by atoms with Crippen LogP contribution in [0.15, 0.2) is 41.3 Å². The monoisotopic (exact) mass is 394 g/mol. The third-order valence-corrected chi connectivity index (χ3v) is 5.26. The van der Waals surface area contributed by atoms with Crippen molar-refractivity contribution in [3.8, 4) is 11.4 Å². The molecule has 2 aromatic carbocycles. The molecule has 0 saturated heterocycles. The number of hydrogen-bond donors (Lipinski definition) is 2. The number of hydrogen-bond acceptors (Lipinski definition) is 6. The van der Waals surface area contributed by atoms with E-state index < -0.39 is 15.8 Å². The first kappa shape index (κ1) is 18.4. The lowest BCUT2D eigenvalue weighted by atomic mass is 10.1. The highest BCUT2D eigenvalue weighted by atomic mass is 32.2. The van der Waals surface area contributed by atoms with Gasteiger partial charge in [-0.3, -0.25) is 0 Å². The first-order chi connectivity index (χ1) is 12.3. The Morgan fingerprint density at radius 2 is 1.96 bits per heavy atom. The zero-order valence-electron chi connectivity index (χ0n) is 13.9. The van der Waals surface area contributed by atoms with Gasteiger partial charge in [0.15, 0.2) is 0 Å². The minimum Gasteiger partial charge on any atom is -0.355 e. The first-order valence-electron chi connectivity index (χ1n) is 7.43. The van der Waals surface area contributed by atoms with Gasteiger partial charge in [0, 0.05) is 16.9 Å². The molecule has 0 radical (unpaired) electrons. The van der Waals surface area contributed by atoms with Gasteiger partial charge in [-0.1, -0.05) is 0 Å². The molecule has 1 atom stereocenters. The van der Waals surface area contributed by atoms with Gasteiger partial charge in [0.25, 0.3) is 0 Å². The van der Waals surface area contributed by atoms with Crippen molar-refractivity contribution >= 4 is 35.9 Å². The molecule has 1 aromatic heterocycles. The van der Waals surface area contributed by atoms with E-state index in [2.05, 4.69) is 34.7 Å². The third-order valence-electron chi connectivity index (χ3n) is 3.52. The van der Waals surface area contributed by atoms with Gasteiger partial charge in [-0.2, -0.15) is 4.80 Å². The summed E-state index contributed by atoms with van der Waals surface area (Å²) in [6.07, 6.45) is 0. The number of aryl methyl sites for hydroxylation is 1. The van der Waals surface area contributed by atoms with Crippen molar-refractivity contribution in [2.45, 2.75) is 4.90 Å². The Kier molecular flexibility index (Phi) is 4.99. The molecule has 1 unspecified atom stereocenters. The molecule has 1 heterocycles. The smallest absolute Gasteiger partial charge is 0.240 e. The summed E-state index contributed by atoms with van der Waals surface area (Å²) in [6.45, 7) is 0. The van der Waals surface area contributed by atoms with E-state index in [1.165, 1.54) is 36.1 Å². The number of nitrogens with one attached hydrogen (secondary N) is 2. The molecule has 2 N–H and O–H groups in total. The molecule has 11 heteroatoms. The number of anilines is 2. The van der Waals surface area contributed by atoms with E-state index in [4.69, 9.17) is 0 Å². The van der Waals surface area contributed by atoms with Crippen LogP contribution in [0.2, 0.25) is 0 Å². The largest absolute Gasteiger partial charge is 0.355 e. The Labute approximate surface area is 152 Å². The van der Waals surface area contributed by atoms with E-state index in [1.807, 2.05) is 0 Å². The maximum Gasteiger partial charge on any atom is 0.240 e. The third kappa shape index (κ3) is 3.87. The van der Waals surface area contributed by atoms with Gasteiger partial charge in [-0.15, -0.1) is 19.4 Å². The fourth-order valence-corrected chi connectivity index (χ4v) is 3.43. The zero-order chi connectivity index (χ0) is 18.9. The molecule has 0 bridgehead atoms. The van der Waals surface area contributed by atoms with Crippen molar-refractivity contribution in [3.05, 3.63) is 42.2 Å². The molecule has 0 spiro atoms. The van der Waals surface area contributed by atoms with Crippen molar-refractivity contribution in [1.29, 1.82) is 0 Å². The number of rotatable bonds is 5. The molecule has 0 aliphatic carbocycles. The van der Waals surface area contributed by atoms with Crippen LogP contribution in [0.5, 0.6) is 0 Å². The lowest BCUT2D eigenvalue weighted by Crippen LogP contribution is -2.18. The number of sulfonamides is 1. The summed E-state index contributed by atoms with van der Waals surface area (Å²) in [5.74, 6) is -0.154. The van der Waals surface area contributed by atoms with E-state index in [0.717, 1.165) is 0 Å². The molecule has 136 valence electrons. The summed E-state index contributed by atoms with van der Waals surface area (Å²) >= 11 is 0. The molecular formula is C15H16FN6O2PS. The molecule has 0 saturated carbocycles.